The van der Waals surface area contributed by atoms with Crippen LogP contribution in [0.3, 0.4) is 0 Å². The number of hydrogen-bond donors (Lipinski definition) is 2. The first-order chi connectivity index (χ1) is 19.6. The van der Waals surface area contributed by atoms with Crippen molar-refractivity contribution in [1.29, 1.82) is 5.26 Å². The molecule has 2 aromatic heterocycles. The van der Waals surface area contributed by atoms with E-state index in [1.54, 1.807) is 29.2 Å². The van der Waals surface area contributed by atoms with Crippen molar-refractivity contribution in [2.75, 3.05) is 18.8 Å². The Kier molecular flexibility index (Phi) is 7.57. The van der Waals surface area contributed by atoms with E-state index in [9.17, 15) is 9.59 Å². The summed E-state index contributed by atoms with van der Waals surface area (Å²) in [6.07, 6.45) is 2.69. The number of benzene rings is 2. The number of ether oxygens (including phenoxy) is 1. The zero-order chi connectivity index (χ0) is 29.1. The Bertz CT molecular complexity index is 1650. The molecule has 2 amide bonds. The van der Waals surface area contributed by atoms with E-state index >= 15 is 0 Å². The fourth-order valence-electron chi connectivity index (χ4n) is 4.94. The number of hydrogen-bond acceptors (Lipinski definition) is 8. The van der Waals surface area contributed by atoms with E-state index in [0.29, 0.717) is 46.8 Å². The number of nitrogens with two attached hydrogens (primary N) is 1. The minimum Gasteiger partial charge on any atom is -0.444 e. The van der Waals surface area contributed by atoms with Crippen LogP contribution < -0.4 is 11.1 Å². The molecule has 41 heavy (non-hydrogen) atoms. The predicted octanol–water partition coefficient (Wildman–Crippen LogP) is 4.45. The second-order valence-corrected chi connectivity index (χ2v) is 11.0. The van der Waals surface area contributed by atoms with E-state index < -0.39 is 5.60 Å². The molecule has 4 aromatic rings. The first kappa shape index (κ1) is 27.6. The molecule has 2 aromatic carbocycles. The first-order valence-corrected chi connectivity index (χ1v) is 13.5. The van der Waals surface area contributed by atoms with E-state index in [-0.39, 0.29) is 24.6 Å². The number of nitrogen functional groups attached to an aromatic ring is 1. The van der Waals surface area contributed by atoms with Crippen molar-refractivity contribution in [1.82, 2.24) is 30.0 Å². The number of nitrogens with one attached hydrogen (secondary N) is 1. The van der Waals surface area contributed by atoms with Crippen LogP contribution >= 0.6 is 0 Å². The Balaban J connectivity index is 1.41. The van der Waals surface area contributed by atoms with E-state index in [0.717, 1.165) is 24.0 Å². The van der Waals surface area contributed by atoms with Gasteiger partial charge in [-0.1, -0.05) is 24.3 Å². The Morgan fingerprint density at radius 2 is 1.98 bits per heavy atom. The number of fused-ring (bicyclic) bond motifs is 1. The van der Waals surface area contributed by atoms with Gasteiger partial charge in [0.1, 0.15) is 23.4 Å². The van der Waals surface area contributed by atoms with Crippen LogP contribution in [0.5, 0.6) is 0 Å². The van der Waals surface area contributed by atoms with Crippen LogP contribution in [0.25, 0.3) is 22.3 Å². The van der Waals surface area contributed by atoms with Gasteiger partial charge in [0, 0.05) is 30.8 Å². The molecule has 1 fully saturated rings. The number of aromatic nitrogens is 4. The average molecular weight is 553 g/mol. The van der Waals surface area contributed by atoms with Gasteiger partial charge in [-0.05, 0) is 63.4 Å². The quantitative estimate of drug-likeness (QED) is 0.368. The summed E-state index contributed by atoms with van der Waals surface area (Å²) in [5, 5.41) is 17.6. The maximum Gasteiger partial charge on any atom is 0.410 e. The van der Waals surface area contributed by atoms with Crippen LogP contribution in [0, 0.1) is 11.3 Å². The number of amides is 2. The highest BCUT2D eigenvalue weighted by Crippen LogP contribution is 2.34. The number of rotatable bonds is 5. The van der Waals surface area contributed by atoms with Crippen LogP contribution in [-0.2, 0) is 11.3 Å². The van der Waals surface area contributed by atoms with Gasteiger partial charge < -0.3 is 20.7 Å². The lowest BCUT2D eigenvalue weighted by atomic mass is 10.1. The molecule has 3 N–H and O–H groups in total. The van der Waals surface area contributed by atoms with E-state index in [1.165, 1.54) is 6.33 Å². The van der Waals surface area contributed by atoms with Gasteiger partial charge in [0.15, 0.2) is 5.65 Å². The molecule has 1 aliphatic rings. The topological polar surface area (TPSA) is 152 Å². The molecule has 0 radical (unpaired) electrons. The highest BCUT2D eigenvalue weighted by Gasteiger charge is 2.31. The van der Waals surface area contributed by atoms with Gasteiger partial charge in [-0.3, -0.25) is 4.79 Å². The molecule has 210 valence electrons. The Labute approximate surface area is 237 Å². The summed E-state index contributed by atoms with van der Waals surface area (Å²) in [5.41, 5.74) is 9.48. The minimum absolute atomic E-state index is 0.117. The number of likely N-dealkylation sites (tertiary alicyclic amines) is 1. The first-order valence-electron chi connectivity index (χ1n) is 13.5. The second kappa shape index (κ2) is 11.3. The Morgan fingerprint density at radius 1 is 1.17 bits per heavy atom. The van der Waals surface area contributed by atoms with Crippen molar-refractivity contribution in [3.63, 3.8) is 0 Å². The molecule has 0 bridgehead atoms. The Morgan fingerprint density at radius 3 is 2.76 bits per heavy atom. The van der Waals surface area contributed by atoms with E-state index in [4.69, 9.17) is 20.8 Å². The number of anilines is 1. The van der Waals surface area contributed by atoms with Crippen molar-refractivity contribution < 1.29 is 14.3 Å². The highest BCUT2D eigenvalue weighted by atomic mass is 16.6. The lowest BCUT2D eigenvalue weighted by molar-refractivity contribution is 0.0169. The smallest absolute Gasteiger partial charge is 0.410 e. The van der Waals surface area contributed by atoms with Gasteiger partial charge in [0.05, 0.1) is 23.1 Å². The molecular formula is C30H32N8O3. The normalized spacial score (nSPS) is 15.4. The molecule has 3 heterocycles. The third kappa shape index (κ3) is 6.11. The molecule has 1 saturated heterocycles. The van der Waals surface area contributed by atoms with Crippen molar-refractivity contribution in [2.45, 2.75) is 51.8 Å². The number of piperidine rings is 1. The van der Waals surface area contributed by atoms with Crippen LogP contribution in [-0.4, -0.2) is 55.3 Å². The van der Waals surface area contributed by atoms with Gasteiger partial charge in [0.25, 0.3) is 5.91 Å². The van der Waals surface area contributed by atoms with Gasteiger partial charge in [-0.25, -0.2) is 19.4 Å². The molecule has 1 atom stereocenters. The van der Waals surface area contributed by atoms with Gasteiger partial charge >= 0.3 is 6.09 Å². The SMILES string of the molecule is CC(C)(C)OC(=O)N1CCC[C@@H](n2nc(-c3cccc(CNC(=O)c4cccc(C#N)c4)c3)c3c(N)ncnc32)C1. The zero-order valence-electron chi connectivity index (χ0n) is 23.3. The van der Waals surface area contributed by atoms with Crippen molar-refractivity contribution >= 4 is 28.9 Å². The number of carbonyl (C=O) groups excluding carboxylic acids is 2. The lowest BCUT2D eigenvalue weighted by Gasteiger charge is -2.34. The summed E-state index contributed by atoms with van der Waals surface area (Å²) >= 11 is 0. The molecule has 0 spiro atoms. The predicted molar refractivity (Wildman–Crippen MR) is 154 cm³/mol. The summed E-state index contributed by atoms with van der Waals surface area (Å²) in [6, 6.07) is 16.2. The van der Waals surface area contributed by atoms with Crippen LogP contribution in [0.2, 0.25) is 0 Å². The molecular weight excluding hydrogens is 520 g/mol. The molecule has 0 unspecified atom stereocenters. The van der Waals surface area contributed by atoms with E-state index in [2.05, 4.69) is 15.3 Å². The fraction of sp³-hybridized carbons (Fsp3) is 0.333. The standard InChI is InChI=1S/C30H32N8O3/c1-30(2,3)41-29(40)37-12-6-11-23(17-37)38-27-24(26(32)34-18-35-27)25(36-38)21-9-5-8-20(14-21)16-33-28(39)22-10-4-7-19(13-22)15-31/h4-5,7-10,13-14,18,23H,6,11-12,16-17H2,1-3H3,(H,33,39)(H2,32,34,35)/t23-/m1/s1. The molecule has 1 aliphatic heterocycles. The molecule has 11 heteroatoms. The van der Waals surface area contributed by atoms with Crippen molar-refractivity contribution in [3.8, 4) is 17.3 Å². The summed E-state index contributed by atoms with van der Waals surface area (Å²) in [7, 11) is 0. The molecule has 5 rings (SSSR count). The summed E-state index contributed by atoms with van der Waals surface area (Å²) < 4.78 is 7.45. The number of nitriles is 1. The summed E-state index contributed by atoms with van der Waals surface area (Å²) in [5.74, 6) is 0.0406. The zero-order valence-corrected chi connectivity index (χ0v) is 23.3. The van der Waals surface area contributed by atoms with Gasteiger partial charge in [-0.15, -0.1) is 0 Å². The van der Waals surface area contributed by atoms with Crippen molar-refractivity contribution in [3.05, 3.63) is 71.5 Å². The molecule has 0 aliphatic carbocycles. The third-order valence-corrected chi connectivity index (χ3v) is 6.82. The van der Waals surface area contributed by atoms with Gasteiger partial charge in [0.2, 0.25) is 0 Å². The molecule has 0 saturated carbocycles. The average Bonchev–Trinajstić information content (AvgIpc) is 3.36. The fourth-order valence-corrected chi connectivity index (χ4v) is 4.94. The summed E-state index contributed by atoms with van der Waals surface area (Å²) in [6.45, 7) is 6.89. The number of nitrogens with zero attached hydrogens (tertiary/aromatic N) is 6. The van der Waals surface area contributed by atoms with Gasteiger partial charge in [-0.2, -0.15) is 10.4 Å². The third-order valence-electron chi connectivity index (χ3n) is 6.82. The van der Waals surface area contributed by atoms with Crippen molar-refractivity contribution in [2.24, 2.45) is 0 Å². The lowest BCUT2D eigenvalue weighted by Crippen LogP contribution is -2.43. The highest BCUT2D eigenvalue weighted by molar-refractivity contribution is 5.98. The van der Waals surface area contributed by atoms with Crippen LogP contribution in [0.4, 0.5) is 10.6 Å². The minimum atomic E-state index is -0.581. The maximum absolute atomic E-state index is 12.8. The van der Waals surface area contributed by atoms with E-state index in [1.807, 2.05) is 55.8 Å². The monoisotopic (exact) mass is 552 g/mol. The largest absolute Gasteiger partial charge is 0.444 e. The molecule has 11 nitrogen and oxygen atoms in total. The maximum atomic E-state index is 12.8. The second-order valence-electron chi connectivity index (χ2n) is 11.0. The number of carbonyl (C=O) groups is 2. The van der Waals surface area contributed by atoms with Crippen LogP contribution in [0.15, 0.2) is 54.9 Å². The Hall–Kier alpha value is -4.98. The van der Waals surface area contributed by atoms with Crippen LogP contribution in [0.1, 0.15) is 61.1 Å². The summed E-state index contributed by atoms with van der Waals surface area (Å²) in [4.78, 5) is 35.9.